The molecule has 9 aromatic carbocycles. The van der Waals surface area contributed by atoms with Crippen LogP contribution in [0.15, 0.2) is 170 Å². The molecule has 10 aromatic rings. The van der Waals surface area contributed by atoms with Crippen molar-refractivity contribution in [1.29, 1.82) is 0 Å². The van der Waals surface area contributed by atoms with Gasteiger partial charge < -0.3 is 0 Å². The Hall–Kier alpha value is -5.76. The predicted molar refractivity (Wildman–Crippen MR) is 205 cm³/mol. The van der Waals surface area contributed by atoms with Crippen molar-refractivity contribution in [3.05, 3.63) is 170 Å². The lowest BCUT2D eigenvalue weighted by molar-refractivity contribution is 1.63. The lowest BCUT2D eigenvalue weighted by atomic mass is 9.87. The average Bonchev–Trinajstić information content (AvgIpc) is 3.52. The third-order valence-electron chi connectivity index (χ3n) is 9.86. The Labute approximate surface area is 277 Å². The molecule has 1 heteroatoms. The van der Waals surface area contributed by atoms with Gasteiger partial charge in [0.2, 0.25) is 0 Å². The number of fused-ring (bicyclic) bond motifs is 3. The maximum absolute atomic E-state index is 2.36. The molecule has 0 aliphatic rings. The molecule has 0 saturated carbocycles. The SMILES string of the molecule is c1ccc(-c2ccc3c(c2)sc2cc(-c4ccc(-c5ccc6ccc7c(-c8ccccc8)ccc8ccc5c6c87)cc4)ccc23)cc1. The van der Waals surface area contributed by atoms with Crippen molar-refractivity contribution in [1.82, 2.24) is 0 Å². The third-order valence-corrected chi connectivity index (χ3v) is 11.0. The Morgan fingerprint density at radius 2 is 0.660 bits per heavy atom. The topological polar surface area (TPSA) is 0 Å². The second-order valence-electron chi connectivity index (χ2n) is 12.5. The van der Waals surface area contributed by atoms with Crippen molar-refractivity contribution in [3.63, 3.8) is 0 Å². The number of benzene rings is 9. The summed E-state index contributed by atoms with van der Waals surface area (Å²) in [5.74, 6) is 0. The summed E-state index contributed by atoms with van der Waals surface area (Å²) in [5, 5.41) is 10.6. The van der Waals surface area contributed by atoms with E-state index in [1.807, 2.05) is 11.3 Å². The normalized spacial score (nSPS) is 11.8. The Morgan fingerprint density at radius 3 is 1.19 bits per heavy atom. The van der Waals surface area contributed by atoms with Crippen molar-refractivity contribution < 1.29 is 0 Å². The molecule has 10 rings (SSSR count). The van der Waals surface area contributed by atoms with E-state index in [0.717, 1.165) is 0 Å². The standard InChI is InChI=1S/C46H28S/c1-3-7-29(8-4-1)35-19-23-39-40-24-20-36(28-44(40)47-43(39)27-35)30-11-13-32(14-12-30)38-22-16-34-17-25-41-37(31-9-5-2-6-10-31)21-15-33-18-26-42(38)46(34)45(33)41/h1-28H. The molecule has 0 saturated heterocycles. The van der Waals surface area contributed by atoms with Crippen molar-refractivity contribution in [2.24, 2.45) is 0 Å². The predicted octanol–water partition coefficient (Wildman–Crippen LogP) is 13.6. The third kappa shape index (κ3) is 4.21. The number of hydrogen-bond donors (Lipinski definition) is 0. The first-order valence-electron chi connectivity index (χ1n) is 16.2. The lowest BCUT2D eigenvalue weighted by Gasteiger charge is -2.16. The number of hydrogen-bond acceptors (Lipinski definition) is 1. The van der Waals surface area contributed by atoms with Crippen LogP contribution in [0.3, 0.4) is 0 Å². The van der Waals surface area contributed by atoms with E-state index in [9.17, 15) is 0 Å². The smallest absolute Gasteiger partial charge is 0.0361 e. The van der Waals surface area contributed by atoms with E-state index < -0.39 is 0 Å². The van der Waals surface area contributed by atoms with Crippen LogP contribution in [0.25, 0.3) is 97.0 Å². The Morgan fingerprint density at radius 1 is 0.277 bits per heavy atom. The summed E-state index contributed by atoms with van der Waals surface area (Å²) in [6.45, 7) is 0. The molecule has 0 bridgehead atoms. The monoisotopic (exact) mass is 612 g/mol. The van der Waals surface area contributed by atoms with Crippen molar-refractivity contribution in [2.45, 2.75) is 0 Å². The molecule has 1 aromatic heterocycles. The first-order valence-corrected chi connectivity index (χ1v) is 17.0. The summed E-state index contributed by atoms with van der Waals surface area (Å²) in [4.78, 5) is 0. The average molecular weight is 613 g/mol. The number of thiophene rings is 1. The molecule has 0 atom stereocenters. The van der Waals surface area contributed by atoms with Gasteiger partial charge in [0.1, 0.15) is 0 Å². The molecule has 0 aliphatic carbocycles. The van der Waals surface area contributed by atoms with E-state index >= 15 is 0 Å². The summed E-state index contributed by atoms with van der Waals surface area (Å²) >= 11 is 1.88. The zero-order valence-corrected chi connectivity index (χ0v) is 26.4. The molecule has 0 unspecified atom stereocenters. The van der Waals surface area contributed by atoms with Gasteiger partial charge >= 0.3 is 0 Å². The minimum Gasteiger partial charge on any atom is -0.135 e. The van der Waals surface area contributed by atoms with Gasteiger partial charge in [-0.15, -0.1) is 11.3 Å². The van der Waals surface area contributed by atoms with Crippen LogP contribution in [0.5, 0.6) is 0 Å². The van der Waals surface area contributed by atoms with Gasteiger partial charge in [-0.25, -0.2) is 0 Å². The zero-order chi connectivity index (χ0) is 30.9. The zero-order valence-electron chi connectivity index (χ0n) is 25.6. The van der Waals surface area contributed by atoms with Gasteiger partial charge in [-0.3, -0.25) is 0 Å². The highest BCUT2D eigenvalue weighted by atomic mass is 32.1. The molecule has 1 heterocycles. The van der Waals surface area contributed by atoms with Crippen molar-refractivity contribution in [2.75, 3.05) is 0 Å². The van der Waals surface area contributed by atoms with Crippen LogP contribution in [-0.4, -0.2) is 0 Å². The molecule has 0 N–H and O–H groups in total. The maximum Gasteiger partial charge on any atom is 0.0361 e. The fourth-order valence-electron chi connectivity index (χ4n) is 7.53. The summed E-state index contributed by atoms with van der Waals surface area (Å²) in [6, 6.07) is 62.7. The Balaban J connectivity index is 1.05. The first kappa shape index (κ1) is 26.5. The summed E-state index contributed by atoms with van der Waals surface area (Å²) in [5.41, 5.74) is 10.1. The van der Waals surface area contributed by atoms with E-state index in [0.29, 0.717) is 0 Å². The van der Waals surface area contributed by atoms with Crippen LogP contribution >= 0.6 is 11.3 Å². The summed E-state index contributed by atoms with van der Waals surface area (Å²) < 4.78 is 2.66. The fraction of sp³-hybridized carbons (Fsp3) is 0. The van der Waals surface area contributed by atoms with Crippen molar-refractivity contribution >= 4 is 63.8 Å². The highest BCUT2D eigenvalue weighted by Gasteiger charge is 2.15. The fourth-order valence-corrected chi connectivity index (χ4v) is 8.72. The molecular weight excluding hydrogens is 585 g/mol. The van der Waals surface area contributed by atoms with Gasteiger partial charge in [0.25, 0.3) is 0 Å². The van der Waals surface area contributed by atoms with E-state index in [-0.39, 0.29) is 0 Å². The van der Waals surface area contributed by atoms with Gasteiger partial charge in [-0.1, -0.05) is 158 Å². The van der Waals surface area contributed by atoms with Crippen LogP contribution in [0.2, 0.25) is 0 Å². The highest BCUT2D eigenvalue weighted by Crippen LogP contribution is 2.43. The molecular formula is C46H28S. The summed E-state index contributed by atoms with van der Waals surface area (Å²) in [6.07, 6.45) is 0. The Bertz CT molecular complexity index is 2750. The van der Waals surface area contributed by atoms with Crippen LogP contribution in [0, 0.1) is 0 Å². The molecule has 0 radical (unpaired) electrons. The molecule has 0 amide bonds. The van der Waals surface area contributed by atoms with E-state index in [1.165, 1.54) is 97.0 Å². The molecule has 0 aliphatic heterocycles. The molecule has 47 heavy (non-hydrogen) atoms. The van der Waals surface area contributed by atoms with E-state index in [2.05, 4.69) is 170 Å². The summed E-state index contributed by atoms with van der Waals surface area (Å²) in [7, 11) is 0. The largest absolute Gasteiger partial charge is 0.135 e. The van der Waals surface area contributed by atoms with Gasteiger partial charge in [-0.2, -0.15) is 0 Å². The van der Waals surface area contributed by atoms with Gasteiger partial charge in [-0.05, 0) is 89.0 Å². The minimum absolute atomic E-state index is 1.24. The molecule has 0 fully saturated rings. The highest BCUT2D eigenvalue weighted by molar-refractivity contribution is 7.25. The van der Waals surface area contributed by atoms with Gasteiger partial charge in [0.15, 0.2) is 0 Å². The molecule has 0 nitrogen and oxygen atoms in total. The minimum atomic E-state index is 1.24. The van der Waals surface area contributed by atoms with Crippen LogP contribution < -0.4 is 0 Å². The second kappa shape index (κ2) is 10.4. The second-order valence-corrected chi connectivity index (χ2v) is 13.6. The Kier molecular flexibility index (Phi) is 5.85. The first-order chi connectivity index (χ1) is 23.3. The molecule has 218 valence electrons. The maximum atomic E-state index is 2.36. The van der Waals surface area contributed by atoms with Crippen LogP contribution in [-0.2, 0) is 0 Å². The van der Waals surface area contributed by atoms with Gasteiger partial charge in [0.05, 0.1) is 0 Å². The van der Waals surface area contributed by atoms with Crippen molar-refractivity contribution in [3.8, 4) is 44.5 Å². The van der Waals surface area contributed by atoms with Crippen LogP contribution in [0.1, 0.15) is 0 Å². The van der Waals surface area contributed by atoms with Gasteiger partial charge in [0, 0.05) is 20.2 Å². The van der Waals surface area contributed by atoms with Crippen LogP contribution in [0.4, 0.5) is 0 Å². The van der Waals surface area contributed by atoms with E-state index in [4.69, 9.17) is 0 Å². The molecule has 0 spiro atoms. The lowest BCUT2D eigenvalue weighted by Crippen LogP contribution is -1.89. The quantitative estimate of drug-likeness (QED) is 0.173. The number of rotatable bonds is 4. The van der Waals surface area contributed by atoms with E-state index in [1.54, 1.807) is 0 Å².